The molecule has 40 heavy (non-hydrogen) atoms. The lowest BCUT2D eigenvalue weighted by Gasteiger charge is -2.38. The third kappa shape index (κ3) is 4.99. The summed E-state index contributed by atoms with van der Waals surface area (Å²) in [6, 6.07) is 1.59. The van der Waals surface area contributed by atoms with E-state index in [1.165, 1.54) is 0 Å². The fourth-order valence-corrected chi connectivity index (χ4v) is 5.37. The van der Waals surface area contributed by atoms with E-state index in [-0.39, 0.29) is 23.8 Å². The lowest BCUT2D eigenvalue weighted by Crippen LogP contribution is -2.36. The van der Waals surface area contributed by atoms with Crippen LogP contribution < -0.4 is 34.2 Å². The average molecular weight is 561 g/mol. The molecular formula is C28H36N2O10. The number of hydrogen-bond acceptors (Lipinski definition) is 11. The summed E-state index contributed by atoms with van der Waals surface area (Å²) in [7, 11) is 3.59. The van der Waals surface area contributed by atoms with Gasteiger partial charge in [0, 0.05) is 19.0 Å². The van der Waals surface area contributed by atoms with Crippen molar-refractivity contribution in [1.82, 2.24) is 4.90 Å². The molecule has 0 bridgehead atoms. The minimum atomic E-state index is -0.833. The Hall–Kier alpha value is -4.06. The predicted octanol–water partition coefficient (Wildman–Crippen LogP) is 3.73. The molecule has 2 atom stereocenters. The number of carboxylic acids is 1. The summed E-state index contributed by atoms with van der Waals surface area (Å²) in [5.41, 5.74) is 9.43. The summed E-state index contributed by atoms with van der Waals surface area (Å²) in [4.78, 5) is 24.5. The van der Waals surface area contributed by atoms with Gasteiger partial charge in [-0.1, -0.05) is 0 Å². The van der Waals surface area contributed by atoms with Crippen molar-refractivity contribution in [2.45, 2.75) is 46.3 Å². The highest BCUT2D eigenvalue weighted by molar-refractivity contribution is 6.03. The number of hydrogen-bond donors (Lipinski definition) is 2. The number of nitrogen functional groups attached to an aromatic ring is 1. The van der Waals surface area contributed by atoms with Crippen molar-refractivity contribution in [3.63, 3.8) is 0 Å². The average Bonchev–Trinajstić information content (AvgIpc) is 3.51. The SMILES string of the molecule is CC(=O)O.CCOc1c(N)c2c(c(OCC)c1OCC)C(C1c3c(cc4c(c3OC)OCO4)CCN1C)OC2=O. The van der Waals surface area contributed by atoms with Gasteiger partial charge in [0.2, 0.25) is 18.3 Å². The van der Waals surface area contributed by atoms with Gasteiger partial charge in [-0.25, -0.2) is 4.79 Å². The second-order valence-electron chi connectivity index (χ2n) is 9.23. The number of fused-ring (bicyclic) bond motifs is 3. The van der Waals surface area contributed by atoms with E-state index in [4.69, 9.17) is 48.8 Å². The van der Waals surface area contributed by atoms with Gasteiger partial charge in [-0.15, -0.1) is 0 Å². The van der Waals surface area contributed by atoms with Crippen molar-refractivity contribution in [1.29, 1.82) is 0 Å². The molecule has 0 fully saturated rings. The molecule has 0 aliphatic carbocycles. The van der Waals surface area contributed by atoms with Crippen LogP contribution in [0.5, 0.6) is 34.5 Å². The van der Waals surface area contributed by atoms with Crippen LogP contribution in [0.3, 0.4) is 0 Å². The van der Waals surface area contributed by atoms with E-state index in [9.17, 15) is 4.79 Å². The molecule has 218 valence electrons. The maximum absolute atomic E-state index is 13.3. The van der Waals surface area contributed by atoms with Crippen LogP contribution in [0.15, 0.2) is 6.07 Å². The molecule has 2 aromatic carbocycles. The van der Waals surface area contributed by atoms with E-state index in [1.807, 2.05) is 33.9 Å². The standard InChI is InChI=1S/C26H32N2O8.C2H4O2/c1-6-31-23-17-16(18(27)24(32-7-2)25(23)33-8-3)26(29)36-21(17)19-15-13(9-10-28(19)4)11-14-20(22(15)30-5)35-12-34-14;1-2(3)4/h11,19,21H,6-10,12,27H2,1-5H3;1H3,(H,3,4). The summed E-state index contributed by atoms with van der Waals surface area (Å²) in [5, 5.41) is 7.42. The summed E-state index contributed by atoms with van der Waals surface area (Å²) in [6.45, 7) is 8.58. The molecule has 0 spiro atoms. The molecule has 12 nitrogen and oxygen atoms in total. The summed E-state index contributed by atoms with van der Waals surface area (Å²) in [5.74, 6) is 1.47. The number of aliphatic carboxylic acids is 1. The van der Waals surface area contributed by atoms with Crippen LogP contribution in [0, 0.1) is 0 Å². The maximum Gasteiger partial charge on any atom is 0.341 e. The van der Waals surface area contributed by atoms with Crippen molar-refractivity contribution in [2.24, 2.45) is 0 Å². The van der Waals surface area contributed by atoms with Gasteiger partial charge in [-0.3, -0.25) is 9.69 Å². The van der Waals surface area contributed by atoms with Gasteiger partial charge in [-0.05, 0) is 45.9 Å². The van der Waals surface area contributed by atoms with Crippen LogP contribution >= 0.6 is 0 Å². The molecule has 5 rings (SSSR count). The second kappa shape index (κ2) is 12.0. The number of ether oxygens (including phenoxy) is 7. The first kappa shape index (κ1) is 28.9. The second-order valence-corrected chi connectivity index (χ2v) is 9.23. The molecule has 0 amide bonds. The Kier molecular flexibility index (Phi) is 8.67. The van der Waals surface area contributed by atoms with Crippen molar-refractivity contribution < 1.29 is 47.9 Å². The Bertz CT molecular complexity index is 1290. The number of nitrogens with two attached hydrogens (primary N) is 1. The van der Waals surface area contributed by atoms with Gasteiger partial charge >= 0.3 is 5.97 Å². The molecule has 3 heterocycles. The normalized spacial score (nSPS) is 18.6. The van der Waals surface area contributed by atoms with Gasteiger partial charge in [0.05, 0.1) is 49.8 Å². The fourth-order valence-electron chi connectivity index (χ4n) is 5.37. The number of anilines is 1. The molecule has 2 aromatic rings. The Morgan fingerprint density at radius 1 is 1.05 bits per heavy atom. The summed E-state index contributed by atoms with van der Waals surface area (Å²) in [6.07, 6.45) is 0.0427. The number of nitrogens with zero attached hydrogens (tertiary/aromatic N) is 1. The quantitative estimate of drug-likeness (QED) is 0.358. The Morgan fingerprint density at radius 2 is 1.68 bits per heavy atom. The number of cyclic esters (lactones) is 1. The smallest absolute Gasteiger partial charge is 0.341 e. The monoisotopic (exact) mass is 560 g/mol. The van der Waals surface area contributed by atoms with E-state index in [0.717, 1.165) is 31.0 Å². The van der Waals surface area contributed by atoms with Crippen molar-refractivity contribution in [3.8, 4) is 34.5 Å². The molecule has 12 heteroatoms. The number of carbonyl (C=O) groups is 2. The Labute approximate surface area is 232 Å². The molecule has 3 aliphatic heterocycles. The van der Waals surface area contributed by atoms with Gasteiger partial charge in [0.1, 0.15) is 0 Å². The molecule has 0 saturated heterocycles. The molecule has 3 aliphatic rings. The first-order valence-electron chi connectivity index (χ1n) is 13.2. The zero-order valence-electron chi connectivity index (χ0n) is 23.6. The Morgan fingerprint density at radius 3 is 2.30 bits per heavy atom. The van der Waals surface area contributed by atoms with Crippen LogP contribution in [0.1, 0.15) is 66.9 Å². The number of likely N-dealkylation sites (N-methyl/N-ethyl adjacent to an activating group) is 1. The fraction of sp³-hybridized carbons (Fsp3) is 0.500. The molecule has 2 unspecified atom stereocenters. The van der Waals surface area contributed by atoms with Crippen LogP contribution in [-0.4, -0.2) is 69.3 Å². The number of benzene rings is 2. The predicted molar refractivity (Wildman–Crippen MR) is 144 cm³/mol. The van der Waals surface area contributed by atoms with Crippen molar-refractivity contribution in [2.75, 3.05) is 53.0 Å². The maximum atomic E-state index is 13.3. The Balaban J connectivity index is 0.000000867. The third-order valence-electron chi connectivity index (χ3n) is 6.77. The molecule has 0 radical (unpaired) electrons. The number of methoxy groups -OCH3 is 1. The highest BCUT2D eigenvalue weighted by Gasteiger charge is 2.49. The summed E-state index contributed by atoms with van der Waals surface area (Å²) >= 11 is 0. The van der Waals surface area contributed by atoms with E-state index in [1.54, 1.807) is 7.11 Å². The van der Waals surface area contributed by atoms with E-state index < -0.39 is 24.1 Å². The highest BCUT2D eigenvalue weighted by Crippen LogP contribution is 2.59. The van der Waals surface area contributed by atoms with Gasteiger partial charge in [-0.2, -0.15) is 0 Å². The molecule has 0 saturated carbocycles. The van der Waals surface area contributed by atoms with Crippen molar-refractivity contribution in [3.05, 3.63) is 28.3 Å². The van der Waals surface area contributed by atoms with E-state index in [2.05, 4.69) is 4.90 Å². The molecular weight excluding hydrogens is 524 g/mol. The topological polar surface area (TPSA) is 148 Å². The first-order chi connectivity index (χ1) is 19.2. The van der Waals surface area contributed by atoms with Crippen LogP contribution in [0.25, 0.3) is 0 Å². The number of carboxylic acid groups (broad SMARTS) is 1. The number of carbonyl (C=O) groups excluding carboxylic acids is 1. The van der Waals surface area contributed by atoms with E-state index >= 15 is 0 Å². The van der Waals surface area contributed by atoms with Crippen LogP contribution in [0.4, 0.5) is 5.69 Å². The highest BCUT2D eigenvalue weighted by atomic mass is 16.7. The largest absolute Gasteiger partial charge is 0.492 e. The van der Waals surface area contributed by atoms with Gasteiger partial charge in [0.25, 0.3) is 5.97 Å². The summed E-state index contributed by atoms with van der Waals surface area (Å²) < 4.78 is 41.2. The van der Waals surface area contributed by atoms with Crippen LogP contribution in [-0.2, 0) is 16.0 Å². The molecule has 3 N–H and O–H groups in total. The number of esters is 1. The van der Waals surface area contributed by atoms with Crippen LogP contribution in [0.2, 0.25) is 0 Å². The van der Waals surface area contributed by atoms with Gasteiger partial charge in [0.15, 0.2) is 29.1 Å². The lowest BCUT2D eigenvalue weighted by atomic mass is 9.85. The third-order valence-corrected chi connectivity index (χ3v) is 6.77. The molecule has 0 aromatic heterocycles. The number of rotatable bonds is 8. The van der Waals surface area contributed by atoms with E-state index in [0.29, 0.717) is 54.1 Å². The zero-order chi connectivity index (χ0) is 29.1. The zero-order valence-corrected chi connectivity index (χ0v) is 23.6. The minimum Gasteiger partial charge on any atom is -0.492 e. The van der Waals surface area contributed by atoms with Gasteiger partial charge < -0.3 is 44.0 Å². The minimum absolute atomic E-state index is 0.124. The lowest BCUT2D eigenvalue weighted by molar-refractivity contribution is -0.134. The first-order valence-corrected chi connectivity index (χ1v) is 13.2. The van der Waals surface area contributed by atoms with Crippen molar-refractivity contribution >= 4 is 17.6 Å².